The van der Waals surface area contributed by atoms with E-state index in [2.05, 4.69) is 68.8 Å². The fraction of sp³-hybridized carbons (Fsp3) is 0.657. The second-order valence-electron chi connectivity index (χ2n) is 13.5. The van der Waals surface area contributed by atoms with Crippen molar-refractivity contribution >= 4 is 0 Å². The Morgan fingerprint density at radius 2 is 1.92 bits per heavy atom. The summed E-state index contributed by atoms with van der Waals surface area (Å²) >= 11 is 0. The average Bonchev–Trinajstić information content (AvgIpc) is 3.44. The van der Waals surface area contributed by atoms with Crippen LogP contribution in [0.4, 0.5) is 0 Å². The maximum atomic E-state index is 11.3. The molecule has 39 heavy (non-hydrogen) atoms. The number of aryl methyl sites for hydroxylation is 1. The van der Waals surface area contributed by atoms with Gasteiger partial charge >= 0.3 is 0 Å². The van der Waals surface area contributed by atoms with E-state index in [9.17, 15) is 15.3 Å². The summed E-state index contributed by atoms with van der Waals surface area (Å²) in [5.41, 5.74) is 5.94. The summed E-state index contributed by atoms with van der Waals surface area (Å²) in [6.45, 7) is 11.2. The number of H-pyrrole nitrogens is 1. The predicted octanol–water partition coefficient (Wildman–Crippen LogP) is 7.08. The topological polar surface area (TPSA) is 76.5 Å². The Balaban J connectivity index is 1.26. The number of aromatic amines is 1. The van der Waals surface area contributed by atoms with Crippen molar-refractivity contribution in [2.45, 2.75) is 122 Å². The van der Waals surface area contributed by atoms with Gasteiger partial charge in [0.05, 0.1) is 18.3 Å². The Bertz CT molecular complexity index is 1120. The lowest BCUT2D eigenvalue weighted by Crippen LogP contribution is -2.35. The number of nitrogens with one attached hydrogen (secondary N) is 1. The number of hydrogen-bond donors (Lipinski definition) is 4. The number of allylic oxidation sites excluding steroid dienone is 4. The molecule has 4 fully saturated rings. The van der Waals surface area contributed by atoms with E-state index in [0.29, 0.717) is 30.6 Å². The molecule has 1 aromatic rings. The Morgan fingerprint density at radius 3 is 2.67 bits per heavy atom. The summed E-state index contributed by atoms with van der Waals surface area (Å²) in [6.07, 6.45) is 19.9. The van der Waals surface area contributed by atoms with E-state index in [0.717, 1.165) is 36.8 Å². The first-order valence-corrected chi connectivity index (χ1v) is 15.7. The highest BCUT2D eigenvalue weighted by Crippen LogP contribution is 2.60. The molecule has 4 aliphatic rings. The number of hydrogen-bond acceptors (Lipinski definition) is 3. The summed E-state index contributed by atoms with van der Waals surface area (Å²) in [5.74, 6) is 1.61. The number of aliphatic hydroxyl groups is 3. The number of aromatic nitrogens is 1. The van der Waals surface area contributed by atoms with Gasteiger partial charge < -0.3 is 20.3 Å². The lowest BCUT2D eigenvalue weighted by Gasteiger charge is -2.44. The van der Waals surface area contributed by atoms with Crippen LogP contribution in [0.2, 0.25) is 0 Å². The molecule has 4 nitrogen and oxygen atoms in total. The second-order valence-corrected chi connectivity index (χ2v) is 13.5. The molecule has 0 unspecified atom stereocenters. The van der Waals surface area contributed by atoms with Gasteiger partial charge in [-0.25, -0.2) is 0 Å². The zero-order chi connectivity index (χ0) is 27.8. The largest absolute Gasteiger partial charge is 0.393 e. The van der Waals surface area contributed by atoms with Gasteiger partial charge in [0.15, 0.2) is 0 Å². The Morgan fingerprint density at radius 1 is 1.13 bits per heavy atom. The quantitative estimate of drug-likeness (QED) is 0.256. The standard InChI is InChI=1S/C35H51NO3/c1-5-6-9-27-13-16-32(36-27)35(19-20-35)33(39)17-10-23(2)29-14-15-30-25(8-7-18-34(29,30)4)11-12-26-21-28(37)22-31(38)24(26)3/h10-13,16-17,23,28-31,33,36-39H,3,5-9,14-15,18-22H2,1-2,4H3/t23-,28-,29-,30+,31+,33+,34-/m1/s1. The SMILES string of the molecule is C=C1C(=CC=C2CCC[C@]3(C)[C@@H]([C@H](C)C=C[C@H](O)C4(c5ccc(CCCC)[nH]5)CC4)CC[C@@H]23)C[C@@H](O)C[C@@H]1O. The summed E-state index contributed by atoms with van der Waals surface area (Å²) in [5, 5.41) is 31.7. The molecular weight excluding hydrogens is 482 g/mol. The Kier molecular flexibility index (Phi) is 8.48. The molecule has 4 aliphatic carbocycles. The minimum absolute atomic E-state index is 0.124. The van der Waals surface area contributed by atoms with Crippen molar-refractivity contribution in [3.8, 4) is 0 Å². The van der Waals surface area contributed by atoms with Crippen LogP contribution < -0.4 is 0 Å². The fourth-order valence-electron chi connectivity index (χ4n) is 8.31. The Hall–Kier alpha value is -1.88. The number of aliphatic hydroxyl groups excluding tert-OH is 3. The molecule has 0 aliphatic heterocycles. The first kappa shape index (κ1) is 28.6. The Labute approximate surface area is 236 Å². The zero-order valence-corrected chi connectivity index (χ0v) is 24.5. The number of unbranched alkanes of at least 4 members (excludes halogenated alkanes) is 1. The zero-order valence-electron chi connectivity index (χ0n) is 24.5. The molecule has 1 aromatic heterocycles. The monoisotopic (exact) mass is 533 g/mol. The summed E-state index contributed by atoms with van der Waals surface area (Å²) in [4.78, 5) is 3.63. The van der Waals surface area contributed by atoms with Crippen LogP contribution in [0.15, 0.2) is 59.7 Å². The molecular formula is C35H51NO3. The third kappa shape index (κ3) is 5.67. The van der Waals surface area contributed by atoms with Crippen molar-refractivity contribution in [1.82, 2.24) is 4.98 Å². The average molecular weight is 534 g/mol. The first-order valence-electron chi connectivity index (χ1n) is 15.7. The normalized spacial score (nSPS) is 36.0. The van der Waals surface area contributed by atoms with E-state index in [1.54, 1.807) is 0 Å². The molecule has 0 aromatic carbocycles. The van der Waals surface area contributed by atoms with E-state index in [-0.39, 0.29) is 10.8 Å². The van der Waals surface area contributed by atoms with Gasteiger partial charge in [0.1, 0.15) is 0 Å². The number of rotatable bonds is 9. The molecule has 0 spiro atoms. The minimum atomic E-state index is -0.635. The maximum Gasteiger partial charge on any atom is 0.0831 e. The van der Waals surface area contributed by atoms with Gasteiger partial charge in [0.25, 0.3) is 0 Å². The molecule has 4 N–H and O–H groups in total. The van der Waals surface area contributed by atoms with Crippen LogP contribution in [0.1, 0.15) is 103 Å². The second kappa shape index (κ2) is 11.5. The summed E-state index contributed by atoms with van der Waals surface area (Å²) < 4.78 is 0. The third-order valence-corrected chi connectivity index (χ3v) is 11.0. The van der Waals surface area contributed by atoms with Crippen LogP contribution in [-0.4, -0.2) is 38.6 Å². The first-order chi connectivity index (χ1) is 18.7. The minimum Gasteiger partial charge on any atom is -0.393 e. The molecule has 0 bridgehead atoms. The molecule has 7 atom stereocenters. The van der Waals surface area contributed by atoms with Crippen molar-refractivity contribution in [1.29, 1.82) is 0 Å². The fourth-order valence-corrected chi connectivity index (χ4v) is 8.31. The maximum absolute atomic E-state index is 11.3. The van der Waals surface area contributed by atoms with Gasteiger partial charge in [0, 0.05) is 23.2 Å². The van der Waals surface area contributed by atoms with E-state index in [1.165, 1.54) is 55.5 Å². The van der Waals surface area contributed by atoms with Gasteiger partial charge in [-0.2, -0.15) is 0 Å². The summed E-state index contributed by atoms with van der Waals surface area (Å²) in [7, 11) is 0. The van der Waals surface area contributed by atoms with Gasteiger partial charge in [-0.1, -0.05) is 63.6 Å². The highest BCUT2D eigenvalue weighted by Gasteiger charge is 2.52. The van der Waals surface area contributed by atoms with Crippen LogP contribution in [0, 0.1) is 23.2 Å². The van der Waals surface area contributed by atoms with E-state index in [4.69, 9.17) is 0 Å². The molecule has 0 saturated heterocycles. The van der Waals surface area contributed by atoms with Crippen LogP contribution in [0.3, 0.4) is 0 Å². The summed E-state index contributed by atoms with van der Waals surface area (Å²) in [6, 6.07) is 4.42. The van der Waals surface area contributed by atoms with Gasteiger partial charge in [-0.3, -0.25) is 0 Å². The smallest absolute Gasteiger partial charge is 0.0831 e. The van der Waals surface area contributed by atoms with Crippen molar-refractivity contribution in [3.05, 3.63) is 71.1 Å². The van der Waals surface area contributed by atoms with Crippen molar-refractivity contribution in [2.75, 3.05) is 0 Å². The van der Waals surface area contributed by atoms with Crippen molar-refractivity contribution < 1.29 is 15.3 Å². The van der Waals surface area contributed by atoms with E-state index >= 15 is 0 Å². The lowest BCUT2D eigenvalue weighted by atomic mass is 9.61. The molecule has 214 valence electrons. The van der Waals surface area contributed by atoms with Crippen LogP contribution >= 0.6 is 0 Å². The molecule has 4 saturated carbocycles. The van der Waals surface area contributed by atoms with Crippen LogP contribution in [0.5, 0.6) is 0 Å². The van der Waals surface area contributed by atoms with Gasteiger partial charge in [-0.15, -0.1) is 0 Å². The third-order valence-electron chi connectivity index (χ3n) is 11.0. The number of fused-ring (bicyclic) bond motifs is 1. The van der Waals surface area contributed by atoms with Gasteiger partial charge in [0.2, 0.25) is 0 Å². The van der Waals surface area contributed by atoms with Crippen molar-refractivity contribution in [3.63, 3.8) is 0 Å². The molecule has 0 amide bonds. The molecule has 1 heterocycles. The highest BCUT2D eigenvalue weighted by atomic mass is 16.3. The predicted molar refractivity (Wildman–Crippen MR) is 159 cm³/mol. The lowest BCUT2D eigenvalue weighted by molar-refractivity contribution is 0.0862. The molecule has 4 heteroatoms. The molecule has 0 radical (unpaired) electrons. The van der Waals surface area contributed by atoms with Gasteiger partial charge in [-0.05, 0) is 111 Å². The highest BCUT2D eigenvalue weighted by molar-refractivity contribution is 5.39. The van der Waals surface area contributed by atoms with E-state index in [1.807, 2.05) is 0 Å². The van der Waals surface area contributed by atoms with Crippen molar-refractivity contribution in [2.24, 2.45) is 23.2 Å². The van der Waals surface area contributed by atoms with E-state index < -0.39 is 18.3 Å². The molecule has 5 rings (SSSR count). The van der Waals surface area contributed by atoms with Crippen LogP contribution in [0.25, 0.3) is 0 Å². The van der Waals surface area contributed by atoms with Crippen LogP contribution in [-0.2, 0) is 11.8 Å².